The molecule has 0 aliphatic rings. The fourth-order valence-corrected chi connectivity index (χ4v) is 1.67. The third-order valence-corrected chi connectivity index (χ3v) is 2.73. The van der Waals surface area contributed by atoms with Crippen molar-refractivity contribution in [1.82, 2.24) is 0 Å². The highest BCUT2D eigenvalue weighted by atomic mass is 19.4. The van der Waals surface area contributed by atoms with Gasteiger partial charge in [0.15, 0.2) is 0 Å². The van der Waals surface area contributed by atoms with Crippen LogP contribution in [0, 0.1) is 0 Å². The van der Waals surface area contributed by atoms with Gasteiger partial charge in [0.05, 0.1) is 37.1 Å². The number of halogens is 3. The fourth-order valence-electron chi connectivity index (χ4n) is 1.67. The number of anilines is 1. The summed E-state index contributed by atoms with van der Waals surface area (Å²) in [5.74, 6) is -3.90. The van der Waals surface area contributed by atoms with Crippen molar-refractivity contribution in [1.29, 1.82) is 0 Å². The number of carboxylic acid groups (broad SMARTS) is 1. The lowest BCUT2D eigenvalue weighted by molar-refractivity contribution is -0.138. The number of methoxy groups -OCH3 is 2. The largest absolute Gasteiger partial charge is 0.478 e. The van der Waals surface area contributed by atoms with Crippen molar-refractivity contribution in [3.8, 4) is 0 Å². The summed E-state index contributed by atoms with van der Waals surface area (Å²) in [5, 5.41) is 11.1. The van der Waals surface area contributed by atoms with E-state index in [0.717, 1.165) is 26.4 Å². The van der Waals surface area contributed by atoms with Gasteiger partial charge >= 0.3 is 24.1 Å². The van der Waals surface area contributed by atoms with Crippen LogP contribution in [0.2, 0.25) is 0 Å². The molecule has 0 saturated carbocycles. The Labute approximate surface area is 133 Å². The number of esters is 2. The molecular weight excluding hydrogens is 335 g/mol. The maximum absolute atomic E-state index is 13.1. The lowest BCUT2D eigenvalue weighted by Gasteiger charge is -2.17. The zero-order chi connectivity index (χ0) is 18.5. The Morgan fingerprint density at radius 2 is 1.79 bits per heavy atom. The van der Waals surface area contributed by atoms with E-state index in [1.807, 2.05) is 5.32 Å². The van der Waals surface area contributed by atoms with Crippen LogP contribution in [0.25, 0.3) is 0 Å². The van der Waals surface area contributed by atoms with Gasteiger partial charge in [0.2, 0.25) is 0 Å². The molecule has 0 saturated heterocycles. The van der Waals surface area contributed by atoms with Gasteiger partial charge in [-0.25, -0.2) is 14.4 Å². The lowest BCUT2D eigenvalue weighted by Crippen LogP contribution is -2.20. The summed E-state index contributed by atoms with van der Waals surface area (Å²) in [4.78, 5) is 34.0. The number of rotatable bonds is 5. The van der Waals surface area contributed by atoms with E-state index in [0.29, 0.717) is 12.1 Å². The summed E-state index contributed by atoms with van der Waals surface area (Å²) < 4.78 is 47.9. The first kappa shape index (κ1) is 19.0. The Morgan fingerprint density at radius 3 is 2.25 bits per heavy atom. The predicted molar refractivity (Wildman–Crippen MR) is 74.1 cm³/mol. The van der Waals surface area contributed by atoms with Crippen molar-refractivity contribution in [3.63, 3.8) is 0 Å². The highest BCUT2D eigenvalue weighted by Gasteiger charge is 2.36. The Balaban J connectivity index is 3.52. The summed E-state index contributed by atoms with van der Waals surface area (Å²) in [6.07, 6.45) is -4.36. The van der Waals surface area contributed by atoms with Crippen LogP contribution in [0.15, 0.2) is 30.0 Å². The first-order valence-electron chi connectivity index (χ1n) is 6.20. The number of hydrogen-bond donors (Lipinski definition) is 2. The average molecular weight is 347 g/mol. The molecule has 1 rings (SSSR count). The number of ether oxygens (including phenoxy) is 2. The minimum Gasteiger partial charge on any atom is -0.478 e. The topological polar surface area (TPSA) is 102 Å². The van der Waals surface area contributed by atoms with Gasteiger partial charge < -0.3 is 19.9 Å². The third-order valence-electron chi connectivity index (χ3n) is 2.73. The van der Waals surface area contributed by atoms with Crippen LogP contribution in [-0.4, -0.2) is 37.2 Å². The van der Waals surface area contributed by atoms with Crippen molar-refractivity contribution in [2.45, 2.75) is 6.18 Å². The molecule has 0 aliphatic heterocycles. The van der Waals surface area contributed by atoms with E-state index >= 15 is 0 Å². The standard InChI is InChI=1S/C14H12F3NO6/c1-23-10(19)6-9(13(22)24-2)18-11-7(12(20)21)4-3-5-8(11)14(15,16)17/h3-6,18H,1-2H3,(H,20,21)/b9-6+. The molecule has 2 N–H and O–H groups in total. The fraction of sp³-hybridized carbons (Fsp3) is 0.214. The highest BCUT2D eigenvalue weighted by Crippen LogP contribution is 2.37. The van der Waals surface area contributed by atoms with Gasteiger partial charge in [-0.3, -0.25) is 0 Å². The Morgan fingerprint density at radius 1 is 1.17 bits per heavy atom. The molecular formula is C14H12F3NO6. The maximum Gasteiger partial charge on any atom is 0.418 e. The van der Waals surface area contributed by atoms with Gasteiger partial charge in [-0.15, -0.1) is 0 Å². The average Bonchev–Trinajstić information content (AvgIpc) is 2.51. The van der Waals surface area contributed by atoms with Crippen LogP contribution < -0.4 is 5.32 Å². The summed E-state index contributed by atoms with van der Waals surface area (Å²) in [5.41, 5.74) is -3.70. The number of carbonyl (C=O) groups excluding carboxylic acids is 2. The number of nitrogens with one attached hydrogen (secondary N) is 1. The smallest absolute Gasteiger partial charge is 0.418 e. The lowest BCUT2D eigenvalue weighted by atomic mass is 10.1. The number of carboxylic acids is 1. The van der Waals surface area contributed by atoms with Gasteiger partial charge in [-0.1, -0.05) is 6.07 Å². The maximum atomic E-state index is 13.1. The van der Waals surface area contributed by atoms with Crippen molar-refractivity contribution in [2.75, 3.05) is 19.5 Å². The molecule has 7 nitrogen and oxygen atoms in total. The Bertz CT molecular complexity index is 696. The number of alkyl halides is 3. The van der Waals surface area contributed by atoms with Gasteiger partial charge in [-0.05, 0) is 12.1 Å². The number of carbonyl (C=O) groups is 3. The zero-order valence-electron chi connectivity index (χ0n) is 12.4. The van der Waals surface area contributed by atoms with Crippen LogP contribution >= 0.6 is 0 Å². The quantitative estimate of drug-likeness (QED) is 0.621. The second kappa shape index (κ2) is 7.49. The molecule has 0 unspecified atom stereocenters. The van der Waals surface area contributed by atoms with E-state index in [1.54, 1.807) is 0 Å². The Kier molecular flexibility index (Phi) is 5.93. The van der Waals surface area contributed by atoms with Crippen molar-refractivity contribution in [2.24, 2.45) is 0 Å². The highest BCUT2D eigenvalue weighted by molar-refractivity contribution is 6.02. The second-order valence-electron chi connectivity index (χ2n) is 4.23. The van der Waals surface area contributed by atoms with E-state index in [1.165, 1.54) is 0 Å². The molecule has 0 atom stereocenters. The molecule has 130 valence electrons. The minimum atomic E-state index is -4.90. The first-order chi connectivity index (χ1) is 11.1. The molecule has 10 heteroatoms. The van der Waals surface area contributed by atoms with Crippen LogP contribution in [0.3, 0.4) is 0 Å². The summed E-state index contributed by atoms with van der Waals surface area (Å²) in [7, 11) is 1.92. The normalized spacial score (nSPS) is 11.6. The number of para-hydroxylation sites is 1. The van der Waals surface area contributed by atoms with E-state index in [9.17, 15) is 27.6 Å². The SMILES string of the molecule is COC(=O)/C=C(/Nc1c(C(=O)O)cccc1C(F)(F)F)C(=O)OC. The molecule has 1 aromatic carbocycles. The number of hydrogen-bond acceptors (Lipinski definition) is 6. The molecule has 0 radical (unpaired) electrons. The molecule has 0 aromatic heterocycles. The molecule has 0 amide bonds. The van der Waals surface area contributed by atoms with E-state index in [-0.39, 0.29) is 0 Å². The summed E-state index contributed by atoms with van der Waals surface area (Å²) in [6.45, 7) is 0. The van der Waals surface area contributed by atoms with E-state index < -0.39 is 46.6 Å². The van der Waals surface area contributed by atoms with E-state index in [2.05, 4.69) is 9.47 Å². The monoisotopic (exact) mass is 347 g/mol. The minimum absolute atomic E-state index is 0.546. The predicted octanol–water partition coefficient (Wildman–Crippen LogP) is 2.05. The third kappa shape index (κ3) is 4.48. The molecule has 0 spiro atoms. The van der Waals surface area contributed by atoms with Gasteiger partial charge in [0.25, 0.3) is 0 Å². The van der Waals surface area contributed by atoms with Crippen LogP contribution in [0.5, 0.6) is 0 Å². The molecule has 0 fully saturated rings. The van der Waals surface area contributed by atoms with Crippen LogP contribution in [0.4, 0.5) is 18.9 Å². The van der Waals surface area contributed by atoms with Gasteiger partial charge in [-0.2, -0.15) is 13.2 Å². The molecule has 0 heterocycles. The molecule has 24 heavy (non-hydrogen) atoms. The van der Waals surface area contributed by atoms with Crippen LogP contribution in [0.1, 0.15) is 15.9 Å². The Hall–Kier alpha value is -3.04. The van der Waals surface area contributed by atoms with Crippen molar-refractivity contribution >= 4 is 23.6 Å². The summed E-state index contributed by atoms with van der Waals surface area (Å²) >= 11 is 0. The van der Waals surface area contributed by atoms with Crippen molar-refractivity contribution < 1.29 is 42.1 Å². The van der Waals surface area contributed by atoms with Gasteiger partial charge in [0, 0.05) is 0 Å². The van der Waals surface area contributed by atoms with E-state index in [4.69, 9.17) is 5.11 Å². The zero-order valence-corrected chi connectivity index (χ0v) is 12.4. The second-order valence-corrected chi connectivity index (χ2v) is 4.23. The first-order valence-corrected chi connectivity index (χ1v) is 6.20. The molecule has 0 aliphatic carbocycles. The van der Waals surface area contributed by atoms with Crippen LogP contribution in [-0.2, 0) is 25.2 Å². The summed E-state index contributed by atoms with van der Waals surface area (Å²) in [6, 6.07) is 2.44. The number of aromatic carboxylic acids is 1. The van der Waals surface area contributed by atoms with Gasteiger partial charge in [0.1, 0.15) is 5.70 Å². The van der Waals surface area contributed by atoms with Crippen molar-refractivity contribution in [3.05, 3.63) is 41.1 Å². The number of benzene rings is 1. The molecule has 1 aromatic rings. The molecule has 0 bridgehead atoms.